The van der Waals surface area contributed by atoms with E-state index in [1.54, 1.807) is 12.3 Å². The number of hydrogen-bond donors (Lipinski definition) is 1. The van der Waals surface area contributed by atoms with Gasteiger partial charge in [-0.3, -0.25) is 4.79 Å². The lowest BCUT2D eigenvalue weighted by Gasteiger charge is -2.54. The zero-order valence-electron chi connectivity index (χ0n) is 11.7. The van der Waals surface area contributed by atoms with Gasteiger partial charge in [0, 0.05) is 12.7 Å². The van der Waals surface area contributed by atoms with E-state index < -0.39 is 0 Å². The van der Waals surface area contributed by atoms with E-state index in [2.05, 4.69) is 15.3 Å². The van der Waals surface area contributed by atoms with Crippen LogP contribution in [-0.2, 0) is 0 Å². The minimum absolute atomic E-state index is 0.0544. The van der Waals surface area contributed by atoms with Gasteiger partial charge >= 0.3 is 0 Å². The number of carbonyl (C=O) groups is 1. The summed E-state index contributed by atoms with van der Waals surface area (Å²) >= 11 is 0. The Balaban J connectivity index is 1.39. The van der Waals surface area contributed by atoms with Crippen molar-refractivity contribution in [3.63, 3.8) is 0 Å². The number of nitrogens with zero attached hydrogens (tertiary/aromatic N) is 2. The van der Waals surface area contributed by atoms with Gasteiger partial charge in [-0.1, -0.05) is 0 Å². The van der Waals surface area contributed by atoms with Gasteiger partial charge in [-0.2, -0.15) is 0 Å². The second-order valence-electron chi connectivity index (χ2n) is 6.90. The van der Waals surface area contributed by atoms with Crippen LogP contribution in [0.2, 0.25) is 0 Å². The standard InChI is InChI=1S/C16H21N3O/c20-16(15-1-2-17-9-19-15)18-8-14-12-4-10-3-11(6-12)7-13(14)5-10/h1-2,9-14H,3-8H2,(H,18,20). The molecule has 0 aliphatic heterocycles. The van der Waals surface area contributed by atoms with E-state index in [0.29, 0.717) is 11.6 Å². The molecule has 106 valence electrons. The smallest absolute Gasteiger partial charge is 0.270 e. The molecule has 0 saturated heterocycles. The first-order chi connectivity index (χ1) is 9.79. The van der Waals surface area contributed by atoms with Crippen molar-refractivity contribution in [3.8, 4) is 0 Å². The van der Waals surface area contributed by atoms with Crippen LogP contribution in [-0.4, -0.2) is 22.4 Å². The van der Waals surface area contributed by atoms with Gasteiger partial charge in [-0.05, 0) is 67.8 Å². The van der Waals surface area contributed by atoms with Crippen LogP contribution in [0.25, 0.3) is 0 Å². The zero-order chi connectivity index (χ0) is 13.5. The van der Waals surface area contributed by atoms with E-state index in [4.69, 9.17) is 0 Å². The minimum atomic E-state index is -0.0544. The molecule has 4 aliphatic carbocycles. The summed E-state index contributed by atoms with van der Waals surface area (Å²) in [5, 5.41) is 3.10. The van der Waals surface area contributed by atoms with Crippen LogP contribution in [0.5, 0.6) is 0 Å². The van der Waals surface area contributed by atoms with Gasteiger partial charge in [0.2, 0.25) is 0 Å². The third-order valence-electron chi connectivity index (χ3n) is 5.73. The maximum atomic E-state index is 12.1. The molecule has 4 bridgehead atoms. The Bertz CT molecular complexity index is 474. The van der Waals surface area contributed by atoms with Crippen molar-refractivity contribution in [2.45, 2.75) is 32.1 Å². The lowest BCUT2D eigenvalue weighted by molar-refractivity contribution is -0.0347. The van der Waals surface area contributed by atoms with Crippen molar-refractivity contribution in [1.29, 1.82) is 0 Å². The molecule has 4 heteroatoms. The van der Waals surface area contributed by atoms with Gasteiger partial charge in [0.15, 0.2) is 0 Å². The number of carbonyl (C=O) groups excluding carboxylic acids is 1. The van der Waals surface area contributed by atoms with Crippen LogP contribution >= 0.6 is 0 Å². The number of amides is 1. The molecular weight excluding hydrogens is 250 g/mol. The molecule has 1 N–H and O–H groups in total. The van der Waals surface area contributed by atoms with Gasteiger partial charge in [0.05, 0.1) is 0 Å². The second-order valence-corrected chi connectivity index (χ2v) is 6.90. The molecule has 0 atom stereocenters. The van der Waals surface area contributed by atoms with Crippen molar-refractivity contribution in [2.75, 3.05) is 6.54 Å². The second kappa shape index (κ2) is 4.83. The van der Waals surface area contributed by atoms with Gasteiger partial charge < -0.3 is 5.32 Å². The van der Waals surface area contributed by atoms with E-state index in [9.17, 15) is 4.79 Å². The molecule has 0 unspecified atom stereocenters. The lowest BCUT2D eigenvalue weighted by atomic mass is 9.52. The number of hydrogen-bond acceptors (Lipinski definition) is 3. The first kappa shape index (κ1) is 12.3. The highest BCUT2D eigenvalue weighted by atomic mass is 16.1. The summed E-state index contributed by atoms with van der Waals surface area (Å²) < 4.78 is 0. The molecule has 1 heterocycles. The fourth-order valence-corrected chi connectivity index (χ4v) is 5.10. The monoisotopic (exact) mass is 271 g/mol. The molecule has 0 spiro atoms. The van der Waals surface area contributed by atoms with Gasteiger partial charge in [-0.25, -0.2) is 9.97 Å². The molecule has 4 nitrogen and oxygen atoms in total. The van der Waals surface area contributed by atoms with E-state index in [0.717, 1.165) is 30.2 Å². The van der Waals surface area contributed by atoms with Crippen LogP contribution in [0.1, 0.15) is 42.6 Å². The molecule has 0 aromatic carbocycles. The quantitative estimate of drug-likeness (QED) is 0.917. The van der Waals surface area contributed by atoms with Crippen LogP contribution < -0.4 is 5.32 Å². The highest BCUT2D eigenvalue weighted by Crippen LogP contribution is 2.56. The van der Waals surface area contributed by atoms with Crippen molar-refractivity contribution in [3.05, 3.63) is 24.3 Å². The molecule has 5 rings (SSSR count). The van der Waals surface area contributed by atoms with E-state index in [-0.39, 0.29) is 5.91 Å². The summed E-state index contributed by atoms with van der Waals surface area (Å²) in [5.74, 6) is 4.35. The maximum absolute atomic E-state index is 12.1. The predicted octanol–water partition coefficient (Wildman–Crippen LogP) is 2.28. The Morgan fingerprint density at radius 3 is 2.45 bits per heavy atom. The molecule has 4 saturated carbocycles. The maximum Gasteiger partial charge on any atom is 0.270 e. The van der Waals surface area contributed by atoms with Crippen molar-refractivity contribution >= 4 is 5.91 Å². The molecule has 1 amide bonds. The molecule has 1 aromatic rings. The summed E-state index contributed by atoms with van der Waals surface area (Å²) in [4.78, 5) is 19.9. The number of aromatic nitrogens is 2. The SMILES string of the molecule is O=C(NCC1C2CC3CC(C2)CC1C3)c1ccncn1. The molecule has 0 radical (unpaired) electrons. The van der Waals surface area contributed by atoms with Gasteiger partial charge in [0.1, 0.15) is 12.0 Å². The van der Waals surface area contributed by atoms with Crippen LogP contribution in [0.4, 0.5) is 0 Å². The summed E-state index contributed by atoms with van der Waals surface area (Å²) in [6.07, 6.45) is 10.1. The third-order valence-corrected chi connectivity index (χ3v) is 5.73. The average Bonchev–Trinajstić information content (AvgIpc) is 2.46. The predicted molar refractivity (Wildman–Crippen MR) is 74.9 cm³/mol. The summed E-state index contributed by atoms with van der Waals surface area (Å²) in [5.41, 5.74) is 0.476. The Morgan fingerprint density at radius 1 is 1.15 bits per heavy atom. The fraction of sp³-hybridized carbons (Fsp3) is 0.688. The minimum Gasteiger partial charge on any atom is -0.350 e. The zero-order valence-corrected chi connectivity index (χ0v) is 11.7. The Labute approximate surface area is 119 Å². The average molecular weight is 271 g/mol. The highest BCUT2D eigenvalue weighted by Gasteiger charge is 2.47. The Morgan fingerprint density at radius 2 is 1.85 bits per heavy atom. The molecule has 4 fully saturated rings. The largest absolute Gasteiger partial charge is 0.350 e. The summed E-state index contributed by atoms with van der Waals surface area (Å²) in [6, 6.07) is 1.67. The van der Waals surface area contributed by atoms with Crippen molar-refractivity contribution < 1.29 is 4.79 Å². The van der Waals surface area contributed by atoms with Gasteiger partial charge in [-0.15, -0.1) is 0 Å². The van der Waals surface area contributed by atoms with E-state index >= 15 is 0 Å². The highest BCUT2D eigenvalue weighted by molar-refractivity contribution is 5.92. The normalized spacial score (nSPS) is 37.9. The molecule has 1 aromatic heterocycles. The topological polar surface area (TPSA) is 54.9 Å². The Hall–Kier alpha value is -1.45. The third kappa shape index (κ3) is 2.11. The molecule has 4 aliphatic rings. The van der Waals surface area contributed by atoms with Crippen molar-refractivity contribution in [2.24, 2.45) is 29.6 Å². The van der Waals surface area contributed by atoms with Crippen LogP contribution in [0, 0.1) is 29.6 Å². The van der Waals surface area contributed by atoms with E-state index in [1.165, 1.54) is 38.4 Å². The fourth-order valence-electron chi connectivity index (χ4n) is 5.10. The number of rotatable bonds is 3. The van der Waals surface area contributed by atoms with Gasteiger partial charge in [0.25, 0.3) is 5.91 Å². The number of nitrogens with one attached hydrogen (secondary N) is 1. The van der Waals surface area contributed by atoms with Crippen molar-refractivity contribution in [1.82, 2.24) is 15.3 Å². The van der Waals surface area contributed by atoms with E-state index in [1.807, 2.05) is 0 Å². The molecule has 20 heavy (non-hydrogen) atoms. The van der Waals surface area contributed by atoms with Crippen LogP contribution in [0.15, 0.2) is 18.6 Å². The van der Waals surface area contributed by atoms with Crippen LogP contribution in [0.3, 0.4) is 0 Å². The first-order valence-corrected chi connectivity index (χ1v) is 7.84. The molecular formula is C16H21N3O. The summed E-state index contributed by atoms with van der Waals surface area (Å²) in [6.45, 7) is 0.831. The Kier molecular flexibility index (Phi) is 2.97. The lowest BCUT2D eigenvalue weighted by Crippen LogP contribution is -2.49. The summed E-state index contributed by atoms with van der Waals surface area (Å²) in [7, 11) is 0. The first-order valence-electron chi connectivity index (χ1n) is 7.84.